The van der Waals surface area contributed by atoms with E-state index in [4.69, 9.17) is 4.74 Å². The molecule has 0 fully saturated rings. The number of aryl methyl sites for hydroxylation is 1. The van der Waals surface area contributed by atoms with Crippen molar-refractivity contribution < 1.29 is 33.8 Å². The summed E-state index contributed by atoms with van der Waals surface area (Å²) >= 11 is 1.32. The van der Waals surface area contributed by atoms with Crippen molar-refractivity contribution in [2.45, 2.75) is 82.8 Å². The van der Waals surface area contributed by atoms with Gasteiger partial charge < -0.3 is 31.1 Å². The lowest BCUT2D eigenvalue weighted by Crippen LogP contribution is -2.47. The molecule has 45 heavy (non-hydrogen) atoms. The number of methoxy groups -OCH3 is 1. The summed E-state index contributed by atoms with van der Waals surface area (Å²) < 4.78 is 5.46. The predicted octanol–water partition coefficient (Wildman–Crippen LogP) is 3.82. The monoisotopic (exact) mass is 642 g/mol. The van der Waals surface area contributed by atoms with Gasteiger partial charge in [-0.05, 0) is 49.9 Å². The third kappa shape index (κ3) is 14.1. The van der Waals surface area contributed by atoms with E-state index in [1.807, 2.05) is 26.0 Å². The summed E-state index contributed by atoms with van der Waals surface area (Å²) in [5.74, 6) is -2.51. The van der Waals surface area contributed by atoms with E-state index >= 15 is 0 Å². The molecule has 0 heterocycles. The highest BCUT2D eigenvalue weighted by atomic mass is 32.2. The van der Waals surface area contributed by atoms with Crippen LogP contribution < -0.4 is 26.0 Å². The molecule has 0 radical (unpaired) electrons. The van der Waals surface area contributed by atoms with Crippen LogP contribution in [0.4, 0.5) is 5.69 Å². The number of thioether (sulfide) groups is 1. The van der Waals surface area contributed by atoms with Gasteiger partial charge in [0, 0.05) is 18.2 Å². The Bertz CT molecular complexity index is 1300. The average molecular weight is 643 g/mol. The van der Waals surface area contributed by atoms with E-state index in [-0.39, 0.29) is 31.2 Å². The van der Waals surface area contributed by atoms with Crippen LogP contribution in [0, 0.1) is 6.92 Å². The van der Waals surface area contributed by atoms with Gasteiger partial charge in [0.2, 0.25) is 23.6 Å². The molecule has 0 saturated heterocycles. The molecule has 2 rings (SSSR count). The molecular weight excluding hydrogens is 596 g/mol. The number of unbranched alkanes of at least 4 members (excludes halogenated alkanes) is 1. The number of carbonyl (C=O) groups excluding carboxylic acids is 4. The van der Waals surface area contributed by atoms with E-state index in [0.717, 1.165) is 30.4 Å². The SMILES string of the molecule is CCCCC(C)SC(CC(=O)O)C(=O)NCCC(=O)N[C@@H](C)C(=O)NCC(=O)Nc1ccc(Cc2ccc(C)cc2)cc1OC. The lowest BCUT2D eigenvalue weighted by Gasteiger charge is -2.19. The zero-order valence-corrected chi connectivity index (χ0v) is 27.6. The van der Waals surface area contributed by atoms with Crippen LogP contribution >= 0.6 is 11.8 Å². The van der Waals surface area contributed by atoms with Crippen molar-refractivity contribution in [1.82, 2.24) is 16.0 Å². The minimum Gasteiger partial charge on any atom is -0.495 e. The quantitative estimate of drug-likeness (QED) is 0.155. The maximum Gasteiger partial charge on any atom is 0.305 e. The summed E-state index contributed by atoms with van der Waals surface area (Å²) in [5.41, 5.74) is 3.82. The highest BCUT2D eigenvalue weighted by molar-refractivity contribution is 8.01. The third-order valence-electron chi connectivity index (χ3n) is 6.93. The molecule has 2 unspecified atom stereocenters. The van der Waals surface area contributed by atoms with Crippen LogP contribution in [-0.2, 0) is 30.4 Å². The molecule has 0 aromatic heterocycles. The Morgan fingerprint density at radius 3 is 2.27 bits per heavy atom. The Balaban J connectivity index is 1.77. The fourth-order valence-electron chi connectivity index (χ4n) is 4.40. The van der Waals surface area contributed by atoms with Gasteiger partial charge in [-0.25, -0.2) is 0 Å². The van der Waals surface area contributed by atoms with Gasteiger partial charge >= 0.3 is 5.97 Å². The van der Waals surface area contributed by atoms with Crippen LogP contribution in [0.1, 0.15) is 69.6 Å². The predicted molar refractivity (Wildman–Crippen MR) is 176 cm³/mol. The van der Waals surface area contributed by atoms with Gasteiger partial charge in [0.15, 0.2) is 0 Å². The first-order chi connectivity index (χ1) is 21.4. The standard InChI is InChI=1S/C33H46N4O7S/c1-6-7-8-22(3)45-28(19-31(40)41)33(43)34-16-15-29(38)36-23(4)32(42)35-20-30(39)37-26-14-13-25(18-27(26)44-5)17-24-11-9-21(2)10-12-24/h9-14,18,22-23,28H,6-8,15-17,19-20H2,1-5H3,(H,34,43)(H,35,42)(H,36,38)(H,37,39)(H,40,41)/t22?,23-,28?/m0/s1. The first-order valence-corrected chi connectivity index (χ1v) is 16.1. The van der Waals surface area contributed by atoms with Crippen LogP contribution in [0.15, 0.2) is 42.5 Å². The van der Waals surface area contributed by atoms with Crippen LogP contribution in [-0.4, -0.2) is 71.4 Å². The minimum absolute atomic E-state index is 0.00687. The van der Waals surface area contributed by atoms with E-state index in [1.165, 1.54) is 31.4 Å². The number of hydrogen-bond donors (Lipinski definition) is 5. The molecule has 12 heteroatoms. The largest absolute Gasteiger partial charge is 0.495 e. The van der Waals surface area contributed by atoms with Gasteiger partial charge in [0.05, 0.1) is 31.0 Å². The Morgan fingerprint density at radius 1 is 0.933 bits per heavy atom. The number of hydrogen-bond acceptors (Lipinski definition) is 7. The Morgan fingerprint density at radius 2 is 1.62 bits per heavy atom. The molecule has 2 aromatic carbocycles. The molecule has 2 aromatic rings. The molecule has 0 aliphatic carbocycles. The number of anilines is 1. The van der Waals surface area contributed by atoms with Crippen LogP contribution in [0.25, 0.3) is 0 Å². The highest BCUT2D eigenvalue weighted by Crippen LogP contribution is 2.27. The minimum atomic E-state index is -1.07. The van der Waals surface area contributed by atoms with E-state index in [0.29, 0.717) is 17.9 Å². The number of rotatable bonds is 19. The Labute approximate surface area is 269 Å². The zero-order valence-electron chi connectivity index (χ0n) is 26.7. The number of carbonyl (C=O) groups is 5. The van der Waals surface area contributed by atoms with Crippen LogP contribution in [0.5, 0.6) is 5.75 Å². The summed E-state index contributed by atoms with van der Waals surface area (Å²) in [4.78, 5) is 61.2. The molecule has 0 aliphatic rings. The molecule has 4 amide bonds. The fraction of sp³-hybridized carbons (Fsp3) is 0.485. The van der Waals surface area contributed by atoms with E-state index < -0.39 is 40.9 Å². The van der Waals surface area contributed by atoms with Crippen molar-refractivity contribution in [3.8, 4) is 5.75 Å². The van der Waals surface area contributed by atoms with E-state index in [1.54, 1.807) is 6.07 Å². The van der Waals surface area contributed by atoms with E-state index in [9.17, 15) is 29.1 Å². The number of amides is 4. The third-order valence-corrected chi connectivity index (χ3v) is 8.34. The molecule has 0 bridgehead atoms. The molecule has 246 valence electrons. The van der Waals surface area contributed by atoms with E-state index in [2.05, 4.69) is 52.5 Å². The first kappa shape index (κ1) is 37.1. The van der Waals surface area contributed by atoms with Gasteiger partial charge in [0.1, 0.15) is 11.8 Å². The molecule has 0 aliphatic heterocycles. The van der Waals surface area contributed by atoms with Gasteiger partial charge in [-0.15, -0.1) is 11.8 Å². The van der Waals surface area contributed by atoms with Crippen molar-refractivity contribution in [2.75, 3.05) is 25.5 Å². The maximum absolute atomic E-state index is 12.6. The second-order valence-electron chi connectivity index (χ2n) is 11.0. The summed E-state index contributed by atoms with van der Waals surface area (Å²) in [5, 5.41) is 19.0. The fourth-order valence-corrected chi connectivity index (χ4v) is 5.71. The average Bonchev–Trinajstić information content (AvgIpc) is 2.99. The molecule has 3 atom stereocenters. The number of ether oxygens (including phenoxy) is 1. The van der Waals surface area contributed by atoms with Gasteiger partial charge in [-0.2, -0.15) is 0 Å². The van der Waals surface area contributed by atoms with Crippen molar-refractivity contribution in [3.05, 3.63) is 59.2 Å². The number of carboxylic acid groups (broad SMARTS) is 1. The number of carboxylic acids is 1. The van der Waals surface area contributed by atoms with Crippen molar-refractivity contribution >= 4 is 47.0 Å². The number of nitrogens with one attached hydrogen (secondary N) is 4. The van der Waals surface area contributed by atoms with Crippen LogP contribution in [0.2, 0.25) is 0 Å². The van der Waals surface area contributed by atoms with Crippen LogP contribution in [0.3, 0.4) is 0 Å². The molecule has 11 nitrogen and oxygen atoms in total. The Hall–Kier alpha value is -4.06. The zero-order chi connectivity index (χ0) is 33.4. The number of aliphatic carboxylic acids is 1. The maximum atomic E-state index is 12.6. The second-order valence-corrected chi connectivity index (χ2v) is 12.6. The Kier molecular flexibility index (Phi) is 16.0. The molecule has 5 N–H and O–H groups in total. The van der Waals surface area contributed by atoms with Gasteiger partial charge in [-0.1, -0.05) is 62.6 Å². The molecule has 0 spiro atoms. The summed E-state index contributed by atoms with van der Waals surface area (Å²) in [6.45, 7) is 7.23. The number of benzene rings is 2. The smallest absolute Gasteiger partial charge is 0.305 e. The topological polar surface area (TPSA) is 163 Å². The van der Waals surface area contributed by atoms with Crippen molar-refractivity contribution in [1.29, 1.82) is 0 Å². The summed E-state index contributed by atoms with van der Waals surface area (Å²) in [7, 11) is 1.51. The molecular formula is C33H46N4O7S. The lowest BCUT2D eigenvalue weighted by atomic mass is 10.0. The highest BCUT2D eigenvalue weighted by Gasteiger charge is 2.25. The summed E-state index contributed by atoms with van der Waals surface area (Å²) in [6.07, 6.45) is 3.18. The second kappa shape index (κ2) is 19.4. The molecule has 0 saturated carbocycles. The van der Waals surface area contributed by atoms with Crippen molar-refractivity contribution in [3.63, 3.8) is 0 Å². The van der Waals surface area contributed by atoms with Gasteiger partial charge in [-0.3, -0.25) is 24.0 Å². The lowest BCUT2D eigenvalue weighted by molar-refractivity contribution is -0.138. The summed E-state index contributed by atoms with van der Waals surface area (Å²) in [6, 6.07) is 12.8. The van der Waals surface area contributed by atoms with Crippen molar-refractivity contribution in [2.24, 2.45) is 0 Å². The normalized spacial score (nSPS) is 12.7. The van der Waals surface area contributed by atoms with Gasteiger partial charge in [0.25, 0.3) is 0 Å². The first-order valence-electron chi connectivity index (χ1n) is 15.2.